The quantitative estimate of drug-likeness (QED) is 0.332. The second-order valence-electron chi connectivity index (χ2n) is 8.44. The number of nitrogens with zero attached hydrogens (tertiary/aromatic N) is 1. The number of amides is 2. The molecule has 0 aromatic heterocycles. The first-order chi connectivity index (χ1) is 14.6. The Morgan fingerprint density at radius 2 is 1.90 bits per heavy atom. The van der Waals surface area contributed by atoms with E-state index in [0.717, 1.165) is 37.1 Å². The zero-order valence-corrected chi connectivity index (χ0v) is 19.8. The molecule has 1 rings (SSSR count). The first kappa shape index (κ1) is 26.3. The molecule has 1 aromatic rings. The van der Waals surface area contributed by atoms with Crippen LogP contribution in [0.3, 0.4) is 0 Å². The Hall–Kier alpha value is -2.77. The van der Waals surface area contributed by atoms with Crippen LogP contribution in [0.25, 0.3) is 0 Å². The highest BCUT2D eigenvalue weighted by Gasteiger charge is 2.18. The number of rotatable bonds is 10. The minimum atomic E-state index is -0.529. The third-order valence-electron chi connectivity index (χ3n) is 4.15. The Kier molecular flexibility index (Phi) is 11.5. The van der Waals surface area contributed by atoms with Gasteiger partial charge in [0.15, 0.2) is 5.96 Å². The van der Waals surface area contributed by atoms with E-state index in [9.17, 15) is 9.59 Å². The van der Waals surface area contributed by atoms with Crippen LogP contribution >= 0.6 is 0 Å². The van der Waals surface area contributed by atoms with Gasteiger partial charge in [0.2, 0.25) is 5.91 Å². The fourth-order valence-corrected chi connectivity index (χ4v) is 2.83. The van der Waals surface area contributed by atoms with E-state index in [0.29, 0.717) is 19.0 Å². The van der Waals surface area contributed by atoms with Gasteiger partial charge in [0.25, 0.3) is 0 Å². The normalized spacial score (nSPS) is 12.6. The molecule has 0 spiro atoms. The Bertz CT molecular complexity index is 728. The molecule has 8 heteroatoms. The van der Waals surface area contributed by atoms with E-state index in [-0.39, 0.29) is 11.9 Å². The van der Waals surface area contributed by atoms with Crippen LogP contribution in [-0.2, 0) is 16.1 Å². The van der Waals surface area contributed by atoms with Gasteiger partial charge in [-0.2, -0.15) is 0 Å². The molecule has 0 heterocycles. The maximum absolute atomic E-state index is 12.0. The van der Waals surface area contributed by atoms with Crippen LogP contribution in [0, 0.1) is 0 Å². The third kappa shape index (κ3) is 12.5. The molecule has 0 saturated heterocycles. The fourth-order valence-electron chi connectivity index (χ4n) is 2.83. The highest BCUT2D eigenvalue weighted by molar-refractivity contribution is 5.88. The van der Waals surface area contributed by atoms with Crippen molar-refractivity contribution in [2.75, 3.05) is 18.4 Å². The number of anilines is 1. The number of carbonyl (C=O) groups excluding carboxylic acids is 2. The topological polar surface area (TPSA) is 104 Å². The molecule has 0 saturated carbocycles. The first-order valence-corrected chi connectivity index (χ1v) is 11.0. The van der Waals surface area contributed by atoms with Crippen molar-refractivity contribution in [2.45, 2.75) is 79.0 Å². The molecular formula is C23H39N5O3. The van der Waals surface area contributed by atoms with Gasteiger partial charge >= 0.3 is 6.09 Å². The van der Waals surface area contributed by atoms with Gasteiger partial charge < -0.3 is 26.0 Å². The molecule has 0 fully saturated rings. The number of unbranched alkanes of at least 4 members (excludes halogenated alkanes) is 1. The van der Waals surface area contributed by atoms with Crippen molar-refractivity contribution in [2.24, 2.45) is 4.99 Å². The zero-order valence-electron chi connectivity index (χ0n) is 19.8. The molecule has 0 aliphatic rings. The molecule has 1 unspecified atom stereocenters. The fraction of sp³-hybridized carbons (Fsp3) is 0.609. The number of ether oxygens (including phenoxy) is 1. The molecule has 2 amide bonds. The number of carbonyl (C=O) groups is 2. The average Bonchev–Trinajstić information content (AvgIpc) is 2.66. The molecule has 1 atom stereocenters. The van der Waals surface area contributed by atoms with Gasteiger partial charge in [-0.25, -0.2) is 9.79 Å². The molecule has 174 valence electrons. The van der Waals surface area contributed by atoms with Gasteiger partial charge in [0.1, 0.15) is 5.60 Å². The van der Waals surface area contributed by atoms with Gasteiger partial charge in [0, 0.05) is 31.7 Å². The first-order valence-electron chi connectivity index (χ1n) is 11.0. The van der Waals surface area contributed by atoms with Crippen LogP contribution in [-0.4, -0.2) is 42.7 Å². The van der Waals surface area contributed by atoms with Crippen molar-refractivity contribution < 1.29 is 14.3 Å². The summed E-state index contributed by atoms with van der Waals surface area (Å²) < 4.78 is 5.34. The minimum Gasteiger partial charge on any atom is -0.444 e. The summed E-state index contributed by atoms with van der Waals surface area (Å²) in [5, 5.41) is 12.3. The lowest BCUT2D eigenvalue weighted by Crippen LogP contribution is -2.49. The van der Waals surface area contributed by atoms with Crippen LogP contribution in [0.4, 0.5) is 10.5 Å². The van der Waals surface area contributed by atoms with Crippen molar-refractivity contribution in [3.05, 3.63) is 29.8 Å². The van der Waals surface area contributed by atoms with E-state index in [1.165, 1.54) is 6.92 Å². The molecule has 0 radical (unpaired) electrons. The number of hydrogen-bond acceptors (Lipinski definition) is 4. The summed E-state index contributed by atoms with van der Waals surface area (Å²) in [7, 11) is 0. The van der Waals surface area contributed by atoms with E-state index in [1.54, 1.807) is 0 Å². The number of guanidine groups is 1. The lowest BCUT2D eigenvalue weighted by atomic mass is 10.1. The molecule has 8 nitrogen and oxygen atoms in total. The Morgan fingerprint density at radius 3 is 2.52 bits per heavy atom. The molecule has 31 heavy (non-hydrogen) atoms. The Morgan fingerprint density at radius 1 is 1.16 bits per heavy atom. The third-order valence-corrected chi connectivity index (χ3v) is 4.15. The standard InChI is InChI=1S/C23H39N5O3/c1-7-9-12-20(16-26-22(30)31-23(4,5)6)28-21(24-8-2)25-15-18-11-10-13-19(14-18)27-17(3)29/h10-11,13-14,20H,7-9,12,15-16H2,1-6H3,(H,26,30)(H,27,29)(H2,24,25,28). The van der Waals surface area contributed by atoms with E-state index >= 15 is 0 Å². The summed E-state index contributed by atoms with van der Waals surface area (Å²) in [6.07, 6.45) is 2.57. The van der Waals surface area contributed by atoms with Gasteiger partial charge in [0.05, 0.1) is 6.54 Å². The molecule has 0 bridgehead atoms. The number of aliphatic imine (C=N–C) groups is 1. The van der Waals surface area contributed by atoms with E-state index < -0.39 is 11.7 Å². The van der Waals surface area contributed by atoms with E-state index in [2.05, 4.69) is 33.2 Å². The van der Waals surface area contributed by atoms with Crippen molar-refractivity contribution in [1.29, 1.82) is 0 Å². The predicted octanol–water partition coefficient (Wildman–Crippen LogP) is 3.78. The second-order valence-corrected chi connectivity index (χ2v) is 8.44. The lowest BCUT2D eigenvalue weighted by Gasteiger charge is -2.24. The molecular weight excluding hydrogens is 394 g/mol. The van der Waals surface area contributed by atoms with Crippen molar-refractivity contribution in [3.8, 4) is 0 Å². The smallest absolute Gasteiger partial charge is 0.407 e. The highest BCUT2D eigenvalue weighted by atomic mass is 16.6. The maximum atomic E-state index is 12.0. The lowest BCUT2D eigenvalue weighted by molar-refractivity contribution is -0.114. The number of hydrogen-bond donors (Lipinski definition) is 4. The van der Waals surface area contributed by atoms with Crippen LogP contribution in [0.5, 0.6) is 0 Å². The Balaban J connectivity index is 2.79. The Labute approximate surface area is 186 Å². The number of benzene rings is 1. The van der Waals surface area contributed by atoms with Crippen LogP contribution in [0.15, 0.2) is 29.3 Å². The predicted molar refractivity (Wildman–Crippen MR) is 126 cm³/mol. The van der Waals surface area contributed by atoms with Gasteiger partial charge in [-0.3, -0.25) is 4.79 Å². The van der Waals surface area contributed by atoms with E-state index in [1.807, 2.05) is 52.0 Å². The summed E-state index contributed by atoms with van der Waals surface area (Å²) in [5.74, 6) is 0.575. The SMILES string of the molecule is CCCCC(CNC(=O)OC(C)(C)C)NC(=NCc1cccc(NC(C)=O)c1)NCC. The summed E-state index contributed by atoms with van der Waals surface area (Å²) in [6.45, 7) is 12.8. The van der Waals surface area contributed by atoms with Crippen LogP contribution in [0.2, 0.25) is 0 Å². The largest absolute Gasteiger partial charge is 0.444 e. The summed E-state index contributed by atoms with van der Waals surface area (Å²) in [5.41, 5.74) is 1.21. The maximum Gasteiger partial charge on any atom is 0.407 e. The van der Waals surface area contributed by atoms with Crippen molar-refractivity contribution in [1.82, 2.24) is 16.0 Å². The van der Waals surface area contributed by atoms with Crippen LogP contribution < -0.4 is 21.3 Å². The monoisotopic (exact) mass is 433 g/mol. The second kappa shape index (κ2) is 13.5. The number of alkyl carbamates (subject to hydrolysis) is 1. The molecule has 4 N–H and O–H groups in total. The summed E-state index contributed by atoms with van der Waals surface area (Å²) in [4.78, 5) is 28.0. The molecule has 0 aliphatic heterocycles. The number of nitrogens with one attached hydrogen (secondary N) is 4. The molecule has 1 aromatic carbocycles. The molecule has 0 aliphatic carbocycles. The van der Waals surface area contributed by atoms with Crippen molar-refractivity contribution in [3.63, 3.8) is 0 Å². The summed E-state index contributed by atoms with van der Waals surface area (Å²) >= 11 is 0. The average molecular weight is 434 g/mol. The minimum absolute atomic E-state index is 0.0241. The van der Waals surface area contributed by atoms with Gasteiger partial charge in [-0.1, -0.05) is 31.9 Å². The van der Waals surface area contributed by atoms with Crippen molar-refractivity contribution >= 4 is 23.6 Å². The zero-order chi connectivity index (χ0) is 23.3. The van der Waals surface area contributed by atoms with E-state index in [4.69, 9.17) is 4.74 Å². The van der Waals surface area contributed by atoms with Gasteiger partial charge in [-0.15, -0.1) is 0 Å². The van der Waals surface area contributed by atoms with Gasteiger partial charge in [-0.05, 0) is 51.8 Å². The van der Waals surface area contributed by atoms with Crippen LogP contribution in [0.1, 0.15) is 66.4 Å². The summed E-state index contributed by atoms with van der Waals surface area (Å²) in [6, 6.07) is 7.65. The highest BCUT2D eigenvalue weighted by Crippen LogP contribution is 2.12.